The molecule has 3 heteroatoms. The molecule has 0 aliphatic heterocycles. The van der Waals surface area contributed by atoms with Crippen LogP contribution < -0.4 is 5.32 Å². The van der Waals surface area contributed by atoms with Crippen LogP contribution in [0, 0.1) is 0 Å². The molecule has 6 aromatic rings. The summed E-state index contributed by atoms with van der Waals surface area (Å²) in [6.07, 6.45) is 6.73. The van der Waals surface area contributed by atoms with Crippen molar-refractivity contribution in [2.24, 2.45) is 0 Å². The lowest BCUT2D eigenvalue weighted by Gasteiger charge is -2.30. The monoisotopic (exact) mass is 549 g/mol. The molecular weight excluding hydrogens is 526 g/mol. The molecular formula is C37H24ClNS. The number of rotatable bonds is 2. The standard InChI is InChI=1S/C37H24ClNS/c38-31-20-26-24-12-4-8-19-34(24)40-35(26)21-33(31)39-32-18-9-17-30-36(32)25-13-3-7-16-29(25)37(30)27-14-5-1-10-22(27)23-11-2-6-15-28(23)37/h1-3,5-11,13-21,39H,4,12H2. The van der Waals surface area contributed by atoms with Crippen LogP contribution in [0.25, 0.3) is 38.4 Å². The number of hydrogen-bond acceptors (Lipinski definition) is 2. The van der Waals surface area contributed by atoms with Crippen molar-refractivity contribution < 1.29 is 0 Å². The average Bonchev–Trinajstić information content (AvgIpc) is 3.61. The van der Waals surface area contributed by atoms with E-state index in [0.717, 1.165) is 29.2 Å². The summed E-state index contributed by atoms with van der Waals surface area (Å²) >= 11 is 8.84. The molecule has 1 spiro atoms. The Balaban J connectivity index is 1.28. The fraction of sp³-hybridized carbons (Fsp3) is 0.0811. The van der Waals surface area contributed by atoms with Gasteiger partial charge in [0.25, 0.3) is 0 Å². The van der Waals surface area contributed by atoms with Crippen molar-refractivity contribution in [2.75, 3.05) is 5.32 Å². The van der Waals surface area contributed by atoms with E-state index in [2.05, 4.69) is 121 Å². The van der Waals surface area contributed by atoms with Gasteiger partial charge in [-0.15, -0.1) is 11.3 Å². The van der Waals surface area contributed by atoms with Crippen LogP contribution in [0.5, 0.6) is 0 Å². The van der Waals surface area contributed by atoms with E-state index in [0.29, 0.717) is 0 Å². The van der Waals surface area contributed by atoms with E-state index in [9.17, 15) is 0 Å². The Labute approximate surface area is 242 Å². The number of fused-ring (bicyclic) bond motifs is 13. The van der Waals surface area contributed by atoms with Crippen LogP contribution in [-0.4, -0.2) is 0 Å². The second-order valence-electron chi connectivity index (χ2n) is 11.0. The minimum atomic E-state index is -0.344. The maximum Gasteiger partial charge on any atom is 0.0726 e. The number of hydrogen-bond donors (Lipinski definition) is 1. The Morgan fingerprint density at radius 3 is 2.08 bits per heavy atom. The fourth-order valence-corrected chi connectivity index (χ4v) is 8.90. The van der Waals surface area contributed by atoms with Gasteiger partial charge in [-0.1, -0.05) is 103 Å². The number of benzene rings is 5. The van der Waals surface area contributed by atoms with Gasteiger partial charge in [-0.2, -0.15) is 0 Å². The van der Waals surface area contributed by atoms with Crippen molar-refractivity contribution in [3.05, 3.63) is 147 Å². The first-order valence-corrected chi connectivity index (χ1v) is 15.1. The highest BCUT2D eigenvalue weighted by Crippen LogP contribution is 2.63. The summed E-state index contributed by atoms with van der Waals surface area (Å²) in [7, 11) is 0. The highest BCUT2D eigenvalue weighted by atomic mass is 35.5. The van der Waals surface area contributed by atoms with Crippen molar-refractivity contribution >= 4 is 50.5 Å². The molecule has 190 valence electrons. The van der Waals surface area contributed by atoms with Gasteiger partial charge in [-0.05, 0) is 87.0 Å². The molecule has 40 heavy (non-hydrogen) atoms. The molecule has 3 aliphatic rings. The molecule has 1 heterocycles. The molecule has 3 aliphatic carbocycles. The van der Waals surface area contributed by atoms with E-state index in [-0.39, 0.29) is 5.41 Å². The number of allylic oxidation sites excluding steroid dienone is 1. The Morgan fingerprint density at radius 1 is 0.675 bits per heavy atom. The first kappa shape index (κ1) is 22.7. The van der Waals surface area contributed by atoms with Crippen molar-refractivity contribution in [1.82, 2.24) is 0 Å². The van der Waals surface area contributed by atoms with Crippen LogP contribution in [0.3, 0.4) is 0 Å². The Morgan fingerprint density at radius 2 is 1.32 bits per heavy atom. The van der Waals surface area contributed by atoms with Crippen LogP contribution >= 0.6 is 22.9 Å². The van der Waals surface area contributed by atoms with Crippen LogP contribution in [0.2, 0.25) is 5.02 Å². The summed E-state index contributed by atoms with van der Waals surface area (Å²) in [5.74, 6) is 0. The topological polar surface area (TPSA) is 12.0 Å². The highest BCUT2D eigenvalue weighted by Gasteiger charge is 2.51. The normalized spacial score (nSPS) is 15.0. The lowest BCUT2D eigenvalue weighted by atomic mass is 9.70. The second kappa shape index (κ2) is 8.20. The molecule has 0 bridgehead atoms. The van der Waals surface area contributed by atoms with Crippen LogP contribution in [-0.2, 0) is 11.8 Å². The van der Waals surface area contributed by atoms with Gasteiger partial charge < -0.3 is 5.32 Å². The quantitative estimate of drug-likeness (QED) is 0.226. The van der Waals surface area contributed by atoms with Gasteiger partial charge in [0.15, 0.2) is 0 Å². The molecule has 1 nitrogen and oxygen atoms in total. The molecule has 0 radical (unpaired) electrons. The molecule has 0 saturated heterocycles. The molecule has 0 atom stereocenters. The van der Waals surface area contributed by atoms with Crippen LogP contribution in [0.15, 0.2) is 109 Å². The minimum Gasteiger partial charge on any atom is -0.354 e. The maximum atomic E-state index is 6.98. The summed E-state index contributed by atoms with van der Waals surface area (Å²) in [5.41, 5.74) is 13.7. The van der Waals surface area contributed by atoms with Crippen molar-refractivity contribution in [3.63, 3.8) is 0 Å². The smallest absolute Gasteiger partial charge is 0.0726 e. The Kier molecular flexibility index (Phi) is 4.65. The molecule has 1 aromatic heterocycles. The SMILES string of the molecule is Clc1cc2c3c(sc2cc1Nc1cccc2c1-c1ccccc1C21c2ccccc2-c2ccccc21)C=CCC3. The summed E-state index contributed by atoms with van der Waals surface area (Å²) < 4.78 is 1.28. The number of anilines is 2. The zero-order valence-corrected chi connectivity index (χ0v) is 23.2. The van der Waals surface area contributed by atoms with Gasteiger partial charge in [0.05, 0.1) is 16.1 Å². The van der Waals surface area contributed by atoms with E-state index in [1.165, 1.54) is 65.0 Å². The second-order valence-corrected chi connectivity index (χ2v) is 12.4. The fourth-order valence-electron chi connectivity index (χ4n) is 7.49. The van der Waals surface area contributed by atoms with Gasteiger partial charge in [0.1, 0.15) is 0 Å². The summed E-state index contributed by atoms with van der Waals surface area (Å²) in [6.45, 7) is 0. The van der Waals surface area contributed by atoms with E-state index in [1.54, 1.807) is 0 Å². The number of halogens is 1. The highest BCUT2D eigenvalue weighted by molar-refractivity contribution is 7.20. The third-order valence-corrected chi connectivity index (χ3v) is 10.5. The zero-order chi connectivity index (χ0) is 26.4. The van der Waals surface area contributed by atoms with E-state index < -0.39 is 0 Å². The van der Waals surface area contributed by atoms with E-state index >= 15 is 0 Å². The molecule has 0 unspecified atom stereocenters. The van der Waals surface area contributed by atoms with Crippen LogP contribution in [0.1, 0.15) is 39.1 Å². The molecule has 1 N–H and O–H groups in total. The molecule has 5 aromatic carbocycles. The lowest BCUT2D eigenvalue weighted by Crippen LogP contribution is -2.25. The van der Waals surface area contributed by atoms with Gasteiger partial charge in [0, 0.05) is 20.8 Å². The first-order valence-electron chi connectivity index (χ1n) is 13.9. The number of aryl methyl sites for hydroxylation is 1. The molecule has 9 rings (SSSR count). The average molecular weight is 550 g/mol. The first-order chi connectivity index (χ1) is 19.7. The molecule has 0 saturated carbocycles. The van der Waals surface area contributed by atoms with Crippen molar-refractivity contribution in [2.45, 2.75) is 18.3 Å². The third kappa shape index (κ3) is 2.83. The Bertz CT molecular complexity index is 2020. The lowest BCUT2D eigenvalue weighted by molar-refractivity contribution is 0.794. The largest absolute Gasteiger partial charge is 0.354 e. The van der Waals surface area contributed by atoms with E-state index in [1.807, 2.05) is 11.3 Å². The summed E-state index contributed by atoms with van der Waals surface area (Å²) in [4.78, 5) is 1.37. The van der Waals surface area contributed by atoms with Crippen LogP contribution in [0.4, 0.5) is 11.4 Å². The van der Waals surface area contributed by atoms with Gasteiger partial charge in [0.2, 0.25) is 0 Å². The maximum absolute atomic E-state index is 6.98. The molecule has 0 fully saturated rings. The van der Waals surface area contributed by atoms with Crippen molar-refractivity contribution in [1.29, 1.82) is 0 Å². The zero-order valence-electron chi connectivity index (χ0n) is 21.7. The number of nitrogens with one attached hydrogen (secondary N) is 1. The third-order valence-electron chi connectivity index (χ3n) is 9.03. The van der Waals surface area contributed by atoms with Gasteiger partial charge in [-0.3, -0.25) is 0 Å². The summed E-state index contributed by atoms with van der Waals surface area (Å²) in [6, 6.07) is 37.9. The summed E-state index contributed by atoms with van der Waals surface area (Å²) in [5, 5.41) is 5.85. The Hall–Kier alpha value is -4.11. The van der Waals surface area contributed by atoms with E-state index in [4.69, 9.17) is 11.6 Å². The van der Waals surface area contributed by atoms with Gasteiger partial charge in [-0.25, -0.2) is 0 Å². The predicted molar refractivity (Wildman–Crippen MR) is 170 cm³/mol. The predicted octanol–water partition coefficient (Wildman–Crippen LogP) is 10.6. The van der Waals surface area contributed by atoms with Gasteiger partial charge >= 0.3 is 0 Å². The number of thiophene rings is 1. The minimum absolute atomic E-state index is 0.344. The van der Waals surface area contributed by atoms with Crippen molar-refractivity contribution in [3.8, 4) is 22.3 Å². The molecule has 0 amide bonds.